The van der Waals surface area contributed by atoms with E-state index in [1.54, 1.807) is 36.3 Å². The van der Waals surface area contributed by atoms with Crippen LogP contribution in [0.25, 0.3) is 0 Å². The first-order chi connectivity index (χ1) is 9.08. The number of amides is 1. The average molecular weight is 265 g/mol. The molecule has 0 aliphatic heterocycles. The number of ether oxygens (including phenoxy) is 1. The van der Waals surface area contributed by atoms with Crippen LogP contribution in [0.15, 0.2) is 24.3 Å². The number of hydrogen-bond donors (Lipinski definition) is 2. The molecule has 2 N–H and O–H groups in total. The van der Waals surface area contributed by atoms with Gasteiger partial charge in [0.05, 0.1) is 13.0 Å². The van der Waals surface area contributed by atoms with Crippen LogP contribution in [-0.2, 0) is 16.0 Å². The maximum Gasteiger partial charge on any atom is 0.488 e. The molecule has 0 aromatic heterocycles. The van der Waals surface area contributed by atoms with Gasteiger partial charge in [-0.15, -0.1) is 0 Å². The average Bonchev–Trinajstić information content (AvgIpc) is 2.40. The van der Waals surface area contributed by atoms with Gasteiger partial charge in [-0.1, -0.05) is 24.3 Å². The largest absolute Gasteiger partial charge is 0.488 e. The van der Waals surface area contributed by atoms with Crippen molar-refractivity contribution in [2.45, 2.75) is 13.3 Å². The molecule has 0 unspecified atom stereocenters. The zero-order chi connectivity index (χ0) is 14.3. The number of nitrogens with zero attached hydrogens (tertiary/aromatic N) is 1. The summed E-state index contributed by atoms with van der Waals surface area (Å²) in [4.78, 5) is 13.8. The molecule has 5 nitrogen and oxygen atoms in total. The Bertz CT molecular complexity index is 411. The molecule has 1 aromatic rings. The maximum absolute atomic E-state index is 12.1. The van der Waals surface area contributed by atoms with E-state index in [1.165, 1.54) is 0 Å². The van der Waals surface area contributed by atoms with Gasteiger partial charge >= 0.3 is 7.12 Å². The molecule has 0 spiro atoms. The van der Waals surface area contributed by atoms with E-state index in [9.17, 15) is 4.79 Å². The summed E-state index contributed by atoms with van der Waals surface area (Å²) in [7, 11) is 0.0931. The van der Waals surface area contributed by atoms with E-state index >= 15 is 0 Å². The fraction of sp³-hybridized carbons (Fsp3) is 0.462. The molecule has 0 saturated heterocycles. The summed E-state index contributed by atoms with van der Waals surface area (Å²) in [5.74, 6) is 0.00382. The van der Waals surface area contributed by atoms with Gasteiger partial charge in [0.2, 0.25) is 5.91 Å². The Morgan fingerprint density at radius 1 is 1.42 bits per heavy atom. The number of likely N-dealkylation sites (N-methyl/N-ethyl adjacent to an activating group) is 1. The Labute approximate surface area is 114 Å². The molecule has 0 saturated carbocycles. The number of hydrogen-bond acceptors (Lipinski definition) is 4. The van der Waals surface area contributed by atoms with Crippen LogP contribution in [0.5, 0.6) is 0 Å². The number of benzene rings is 1. The van der Waals surface area contributed by atoms with Gasteiger partial charge in [0.25, 0.3) is 0 Å². The highest BCUT2D eigenvalue weighted by Crippen LogP contribution is 2.02. The third kappa shape index (κ3) is 5.02. The number of methoxy groups -OCH3 is 1. The maximum atomic E-state index is 12.1. The molecule has 6 heteroatoms. The Balaban J connectivity index is 2.67. The van der Waals surface area contributed by atoms with E-state index < -0.39 is 7.12 Å². The lowest BCUT2D eigenvalue weighted by molar-refractivity contribution is -0.130. The van der Waals surface area contributed by atoms with E-state index in [1.807, 2.05) is 6.92 Å². The van der Waals surface area contributed by atoms with Gasteiger partial charge in [-0.25, -0.2) is 0 Å². The van der Waals surface area contributed by atoms with Crippen LogP contribution in [-0.4, -0.2) is 54.8 Å². The smallest absolute Gasteiger partial charge is 0.423 e. The van der Waals surface area contributed by atoms with Gasteiger partial charge in [0.1, 0.15) is 0 Å². The lowest BCUT2D eigenvalue weighted by Gasteiger charge is -2.20. The van der Waals surface area contributed by atoms with Crippen molar-refractivity contribution >= 4 is 18.5 Å². The zero-order valence-corrected chi connectivity index (χ0v) is 11.4. The topological polar surface area (TPSA) is 70.0 Å². The Morgan fingerprint density at radius 2 is 2.16 bits per heavy atom. The fourth-order valence-corrected chi connectivity index (χ4v) is 1.81. The summed E-state index contributed by atoms with van der Waals surface area (Å²) in [6, 6.07) is 6.75. The van der Waals surface area contributed by atoms with Crippen LogP contribution in [0.1, 0.15) is 12.5 Å². The van der Waals surface area contributed by atoms with Crippen molar-refractivity contribution in [3.63, 3.8) is 0 Å². The zero-order valence-electron chi connectivity index (χ0n) is 11.4. The highest BCUT2D eigenvalue weighted by atomic mass is 16.5. The van der Waals surface area contributed by atoms with E-state index in [0.29, 0.717) is 25.2 Å². The van der Waals surface area contributed by atoms with Crippen LogP contribution in [0, 0.1) is 0 Å². The van der Waals surface area contributed by atoms with E-state index in [0.717, 1.165) is 5.56 Å². The lowest BCUT2D eigenvalue weighted by atomic mass is 9.79. The van der Waals surface area contributed by atoms with E-state index in [-0.39, 0.29) is 12.3 Å². The summed E-state index contributed by atoms with van der Waals surface area (Å²) in [6.07, 6.45) is 0.248. The molecule has 1 amide bonds. The highest BCUT2D eigenvalue weighted by molar-refractivity contribution is 6.58. The third-order valence-electron chi connectivity index (χ3n) is 2.90. The van der Waals surface area contributed by atoms with Crippen LogP contribution < -0.4 is 5.46 Å². The second kappa shape index (κ2) is 7.94. The molecule has 0 heterocycles. The van der Waals surface area contributed by atoms with E-state index in [4.69, 9.17) is 14.8 Å². The van der Waals surface area contributed by atoms with Crippen molar-refractivity contribution in [2.24, 2.45) is 0 Å². The van der Waals surface area contributed by atoms with Gasteiger partial charge in [-0.3, -0.25) is 4.79 Å². The van der Waals surface area contributed by atoms with Crippen molar-refractivity contribution in [3.8, 4) is 0 Å². The van der Waals surface area contributed by atoms with Crippen LogP contribution in [0.3, 0.4) is 0 Å². The molecule has 0 aliphatic carbocycles. The summed E-state index contributed by atoms with van der Waals surface area (Å²) >= 11 is 0. The van der Waals surface area contributed by atoms with Gasteiger partial charge in [-0.05, 0) is 17.9 Å². The van der Waals surface area contributed by atoms with Crippen molar-refractivity contribution in [1.82, 2.24) is 4.90 Å². The first-order valence-electron chi connectivity index (χ1n) is 6.30. The van der Waals surface area contributed by atoms with Crippen LogP contribution in [0.2, 0.25) is 0 Å². The minimum atomic E-state index is -1.51. The third-order valence-corrected chi connectivity index (χ3v) is 2.90. The van der Waals surface area contributed by atoms with Crippen molar-refractivity contribution in [3.05, 3.63) is 29.8 Å². The second-order valence-corrected chi connectivity index (χ2v) is 4.26. The first-order valence-corrected chi connectivity index (χ1v) is 6.30. The molecular weight excluding hydrogens is 245 g/mol. The van der Waals surface area contributed by atoms with Crippen LogP contribution in [0.4, 0.5) is 0 Å². The standard InChI is InChI=1S/C13H20BNO4/c1-3-15(7-8-19-2)13(16)10-11-5-4-6-12(9-11)14(17)18/h4-6,9,17-18H,3,7-8,10H2,1-2H3. The van der Waals surface area contributed by atoms with Crippen molar-refractivity contribution in [2.75, 3.05) is 26.8 Å². The summed E-state index contributed by atoms with van der Waals surface area (Å²) in [5.41, 5.74) is 1.16. The lowest BCUT2D eigenvalue weighted by Crippen LogP contribution is -2.35. The molecule has 0 bridgehead atoms. The van der Waals surface area contributed by atoms with Gasteiger partial charge in [0, 0.05) is 20.2 Å². The molecular formula is C13H20BNO4. The summed E-state index contributed by atoms with van der Waals surface area (Å²) < 4.78 is 4.97. The molecule has 0 fully saturated rings. The number of carbonyl (C=O) groups is 1. The summed E-state index contributed by atoms with van der Waals surface area (Å²) in [5, 5.41) is 18.2. The first kappa shape index (κ1) is 15.7. The monoisotopic (exact) mass is 265 g/mol. The second-order valence-electron chi connectivity index (χ2n) is 4.26. The van der Waals surface area contributed by atoms with E-state index in [2.05, 4.69) is 0 Å². The SMILES string of the molecule is CCN(CCOC)C(=O)Cc1cccc(B(O)O)c1. The Kier molecular flexibility index (Phi) is 6.55. The normalized spacial score (nSPS) is 10.3. The fourth-order valence-electron chi connectivity index (χ4n) is 1.81. The van der Waals surface area contributed by atoms with Gasteiger partial charge in [-0.2, -0.15) is 0 Å². The number of carbonyl (C=O) groups excluding carboxylic acids is 1. The quantitative estimate of drug-likeness (QED) is 0.646. The van der Waals surface area contributed by atoms with Crippen LogP contribution >= 0.6 is 0 Å². The van der Waals surface area contributed by atoms with Gasteiger partial charge < -0.3 is 19.7 Å². The molecule has 0 atom stereocenters. The molecule has 0 aliphatic rings. The predicted molar refractivity (Wildman–Crippen MR) is 74.1 cm³/mol. The minimum Gasteiger partial charge on any atom is -0.423 e. The molecule has 1 aromatic carbocycles. The molecule has 0 radical (unpaired) electrons. The highest BCUT2D eigenvalue weighted by Gasteiger charge is 2.14. The molecule has 104 valence electrons. The molecule has 19 heavy (non-hydrogen) atoms. The summed E-state index contributed by atoms with van der Waals surface area (Å²) in [6.45, 7) is 3.62. The Hall–Kier alpha value is -1.37. The molecule has 1 rings (SSSR count). The van der Waals surface area contributed by atoms with Gasteiger partial charge in [0.15, 0.2) is 0 Å². The number of rotatable bonds is 7. The van der Waals surface area contributed by atoms with Crippen molar-refractivity contribution < 1.29 is 19.6 Å². The van der Waals surface area contributed by atoms with Crippen molar-refractivity contribution in [1.29, 1.82) is 0 Å². The predicted octanol–water partition coefficient (Wildman–Crippen LogP) is -0.596. The Morgan fingerprint density at radius 3 is 2.74 bits per heavy atom. The minimum absolute atomic E-state index is 0.00382.